The van der Waals surface area contributed by atoms with Crippen molar-refractivity contribution in [2.24, 2.45) is 0 Å². The molecule has 1 aliphatic carbocycles. The topological polar surface area (TPSA) is 32.9 Å². The minimum atomic E-state index is 0.226. The summed E-state index contributed by atoms with van der Waals surface area (Å²) >= 11 is 6.98. The van der Waals surface area contributed by atoms with Gasteiger partial charge in [-0.15, -0.1) is 0 Å². The van der Waals surface area contributed by atoms with Crippen molar-refractivity contribution in [3.05, 3.63) is 32.3 Å². The average Bonchev–Trinajstić information content (AvgIpc) is 2.66. The molecule has 76 valence electrons. The van der Waals surface area contributed by atoms with Crippen LogP contribution in [-0.4, -0.2) is 10.8 Å². The first kappa shape index (κ1) is 9.60. The van der Waals surface area contributed by atoms with Crippen molar-refractivity contribution in [3.63, 3.8) is 0 Å². The number of carbonyl (C=O) groups excluding carboxylic acids is 1. The Morgan fingerprint density at radius 2 is 2.00 bits per heavy atom. The molecule has 3 rings (SSSR count). The number of carbonyl (C=O) groups is 1. The van der Waals surface area contributed by atoms with Gasteiger partial charge in [-0.3, -0.25) is 4.79 Å². The van der Waals surface area contributed by atoms with Crippen molar-refractivity contribution in [1.29, 1.82) is 0 Å². The summed E-state index contributed by atoms with van der Waals surface area (Å²) in [5, 5.41) is 1.15. The summed E-state index contributed by atoms with van der Waals surface area (Å²) in [4.78, 5) is 14.8. The van der Waals surface area contributed by atoms with Crippen molar-refractivity contribution in [3.8, 4) is 0 Å². The zero-order chi connectivity index (χ0) is 10.6. The van der Waals surface area contributed by atoms with E-state index in [-0.39, 0.29) is 5.78 Å². The maximum Gasteiger partial charge on any atom is 0.179 e. The van der Waals surface area contributed by atoms with Crippen LogP contribution in [0, 0.1) is 0 Å². The summed E-state index contributed by atoms with van der Waals surface area (Å²) in [5.41, 5.74) is 2.98. The summed E-state index contributed by atoms with van der Waals surface area (Å²) < 4.78 is 2.05. The van der Waals surface area contributed by atoms with Crippen LogP contribution in [0.3, 0.4) is 0 Å². The summed E-state index contributed by atoms with van der Waals surface area (Å²) in [7, 11) is 0. The zero-order valence-corrected chi connectivity index (χ0v) is 10.9. The predicted octanol–water partition coefficient (Wildman–Crippen LogP) is 3.82. The van der Waals surface area contributed by atoms with Crippen molar-refractivity contribution in [2.75, 3.05) is 0 Å². The van der Waals surface area contributed by atoms with E-state index in [2.05, 4.69) is 36.8 Å². The van der Waals surface area contributed by atoms with Gasteiger partial charge in [0.05, 0.1) is 5.69 Å². The van der Waals surface area contributed by atoms with E-state index in [0.717, 1.165) is 37.5 Å². The summed E-state index contributed by atoms with van der Waals surface area (Å²) in [6.45, 7) is 0. The van der Waals surface area contributed by atoms with E-state index >= 15 is 0 Å². The van der Waals surface area contributed by atoms with Crippen LogP contribution >= 0.6 is 31.9 Å². The van der Waals surface area contributed by atoms with Crippen LogP contribution in [0.25, 0.3) is 10.9 Å². The van der Waals surface area contributed by atoms with Crippen LogP contribution in [-0.2, 0) is 6.42 Å². The zero-order valence-electron chi connectivity index (χ0n) is 7.73. The molecule has 1 aliphatic rings. The van der Waals surface area contributed by atoms with E-state index in [1.165, 1.54) is 0 Å². The molecular weight excluding hydrogens is 322 g/mol. The van der Waals surface area contributed by atoms with Gasteiger partial charge in [-0.1, -0.05) is 31.9 Å². The number of H-pyrrole nitrogens is 1. The van der Waals surface area contributed by atoms with Gasteiger partial charge in [0.1, 0.15) is 0 Å². The molecule has 1 aromatic heterocycles. The Bertz CT molecular complexity index is 586. The minimum absolute atomic E-state index is 0.226. The third-order valence-electron chi connectivity index (χ3n) is 2.80. The van der Waals surface area contributed by atoms with Crippen molar-refractivity contribution in [1.82, 2.24) is 4.98 Å². The second kappa shape index (κ2) is 3.19. The van der Waals surface area contributed by atoms with Crippen LogP contribution < -0.4 is 0 Å². The van der Waals surface area contributed by atoms with E-state index in [1.54, 1.807) is 0 Å². The Hall–Kier alpha value is -0.610. The Balaban J connectivity index is 2.45. The highest BCUT2D eigenvalue weighted by Crippen LogP contribution is 2.36. The van der Waals surface area contributed by atoms with Crippen molar-refractivity contribution < 1.29 is 4.79 Å². The summed E-state index contributed by atoms with van der Waals surface area (Å²) in [6.07, 6.45) is 1.49. The molecule has 0 fully saturated rings. The Kier molecular flexibility index (Phi) is 2.04. The maximum absolute atomic E-state index is 11.6. The Labute approximate surface area is 103 Å². The molecule has 4 heteroatoms. The molecule has 0 atom stereocenters. The molecule has 15 heavy (non-hydrogen) atoms. The first-order valence-electron chi connectivity index (χ1n) is 4.69. The van der Waals surface area contributed by atoms with Gasteiger partial charge in [0.15, 0.2) is 5.78 Å². The number of nitrogens with one attached hydrogen (secondary N) is 1. The fourth-order valence-corrected chi connectivity index (χ4v) is 3.63. The number of halogens is 2. The van der Waals surface area contributed by atoms with Gasteiger partial charge in [-0.05, 0) is 24.1 Å². The quantitative estimate of drug-likeness (QED) is 0.783. The largest absolute Gasteiger partial charge is 0.352 e. The number of aromatic nitrogens is 1. The van der Waals surface area contributed by atoms with E-state index in [0.29, 0.717) is 6.42 Å². The van der Waals surface area contributed by atoms with Crippen LogP contribution in [0.2, 0.25) is 0 Å². The molecule has 0 bridgehead atoms. The highest BCUT2D eigenvalue weighted by atomic mass is 79.9. The van der Waals surface area contributed by atoms with Crippen LogP contribution in [0.5, 0.6) is 0 Å². The molecule has 1 aromatic carbocycles. The number of aromatic amines is 1. The lowest BCUT2D eigenvalue weighted by molar-refractivity contribution is 0.0991. The monoisotopic (exact) mass is 327 g/mol. The van der Waals surface area contributed by atoms with Gasteiger partial charge in [0, 0.05) is 26.3 Å². The molecule has 2 aromatic rings. The van der Waals surface area contributed by atoms with E-state index < -0.39 is 0 Å². The molecule has 0 amide bonds. The Morgan fingerprint density at radius 1 is 1.20 bits per heavy atom. The number of hydrogen-bond donors (Lipinski definition) is 1. The number of aryl methyl sites for hydroxylation is 1. The first-order chi connectivity index (χ1) is 7.16. The second-order valence-corrected chi connectivity index (χ2v) is 5.48. The number of Topliss-reactive ketones (excluding diaryl/α,β-unsaturated/α-hetero) is 1. The second-order valence-electron chi connectivity index (χ2n) is 3.71. The molecule has 1 heterocycles. The molecule has 1 N–H and O–H groups in total. The fourth-order valence-electron chi connectivity index (χ4n) is 2.17. The highest BCUT2D eigenvalue weighted by Gasteiger charge is 2.25. The lowest BCUT2D eigenvalue weighted by Gasteiger charge is -1.98. The first-order valence-corrected chi connectivity index (χ1v) is 6.28. The number of benzene rings is 1. The van der Waals surface area contributed by atoms with Gasteiger partial charge >= 0.3 is 0 Å². The number of fused-ring (bicyclic) bond motifs is 3. The lowest BCUT2D eigenvalue weighted by atomic mass is 10.1. The van der Waals surface area contributed by atoms with Crippen LogP contribution in [0.1, 0.15) is 22.5 Å². The van der Waals surface area contributed by atoms with Gasteiger partial charge < -0.3 is 4.98 Å². The molecule has 0 radical (unpaired) electrons. The van der Waals surface area contributed by atoms with E-state index in [1.807, 2.05) is 12.1 Å². The molecule has 2 nitrogen and oxygen atoms in total. The maximum atomic E-state index is 11.6. The standard InChI is InChI=1S/C11H7Br2NO/c12-5-3-7(13)10-6-1-2-9(15)11(6)14-8(10)4-5/h3-4,14H,1-2H2. The number of rotatable bonds is 0. The predicted molar refractivity (Wildman–Crippen MR) is 66.4 cm³/mol. The lowest BCUT2D eigenvalue weighted by Crippen LogP contribution is -1.90. The minimum Gasteiger partial charge on any atom is -0.352 e. The average molecular weight is 329 g/mol. The molecule has 0 spiro atoms. The van der Waals surface area contributed by atoms with E-state index in [9.17, 15) is 4.79 Å². The van der Waals surface area contributed by atoms with E-state index in [4.69, 9.17) is 0 Å². The van der Waals surface area contributed by atoms with Gasteiger partial charge in [-0.2, -0.15) is 0 Å². The summed E-state index contributed by atoms with van der Waals surface area (Å²) in [5.74, 6) is 0.226. The Morgan fingerprint density at radius 3 is 2.80 bits per heavy atom. The van der Waals surface area contributed by atoms with Gasteiger partial charge in [0.25, 0.3) is 0 Å². The molecule has 0 saturated carbocycles. The molecule has 0 saturated heterocycles. The number of hydrogen-bond acceptors (Lipinski definition) is 1. The van der Waals surface area contributed by atoms with Crippen molar-refractivity contribution >= 4 is 48.5 Å². The van der Waals surface area contributed by atoms with Gasteiger partial charge in [-0.25, -0.2) is 0 Å². The third-order valence-corrected chi connectivity index (χ3v) is 3.88. The third kappa shape index (κ3) is 1.31. The highest BCUT2D eigenvalue weighted by molar-refractivity contribution is 9.11. The number of ketones is 1. The smallest absolute Gasteiger partial charge is 0.179 e. The molecular formula is C11H7Br2NO. The molecule has 0 unspecified atom stereocenters. The van der Waals surface area contributed by atoms with Crippen LogP contribution in [0.4, 0.5) is 0 Å². The van der Waals surface area contributed by atoms with Crippen LogP contribution in [0.15, 0.2) is 21.1 Å². The normalized spacial score (nSPS) is 14.9. The SMILES string of the molecule is O=C1CCc2c1[nH]c1cc(Br)cc(Br)c21. The fraction of sp³-hybridized carbons (Fsp3) is 0.182. The van der Waals surface area contributed by atoms with Crippen molar-refractivity contribution in [2.45, 2.75) is 12.8 Å². The summed E-state index contributed by atoms with van der Waals surface area (Å²) in [6, 6.07) is 4.02. The van der Waals surface area contributed by atoms with Gasteiger partial charge in [0.2, 0.25) is 0 Å². The molecule has 0 aliphatic heterocycles.